The van der Waals surface area contributed by atoms with Crippen LogP contribution in [0.5, 0.6) is 11.5 Å². The number of ether oxygens (including phenoxy) is 1. The van der Waals surface area contributed by atoms with Crippen LogP contribution in [-0.4, -0.2) is 9.13 Å². The number of aromatic nitrogens is 2. The molecule has 1 aliphatic rings. The molecule has 0 aliphatic carbocycles. The summed E-state index contributed by atoms with van der Waals surface area (Å²) >= 11 is 0. The van der Waals surface area contributed by atoms with Gasteiger partial charge in [-0.05, 0) is 70.8 Å². The van der Waals surface area contributed by atoms with Gasteiger partial charge in [-0.25, -0.2) is 0 Å². The number of hydrogen-bond acceptors (Lipinski definition) is 1. The lowest BCUT2D eigenvalue weighted by Gasteiger charge is -2.21. The molecule has 3 heteroatoms. The number of benzene rings is 7. The molecule has 0 saturated heterocycles. The first-order chi connectivity index (χ1) is 22.3. The summed E-state index contributed by atoms with van der Waals surface area (Å²) in [5, 5.41) is 5.00. The third kappa shape index (κ3) is 3.52. The molecule has 0 amide bonds. The summed E-state index contributed by atoms with van der Waals surface area (Å²) in [6.45, 7) is 0. The maximum absolute atomic E-state index is 6.42. The summed E-state index contributed by atoms with van der Waals surface area (Å²) in [5.74, 6) is 1.77. The zero-order valence-corrected chi connectivity index (χ0v) is 24.3. The second kappa shape index (κ2) is 9.22. The van der Waals surface area contributed by atoms with Gasteiger partial charge in [0.05, 0.1) is 27.8 Å². The van der Waals surface area contributed by atoms with Crippen molar-refractivity contribution in [3.05, 3.63) is 158 Å². The molecule has 0 radical (unpaired) electrons. The summed E-state index contributed by atoms with van der Waals surface area (Å²) in [4.78, 5) is 0. The fraction of sp³-hybridized carbons (Fsp3) is 0. The average Bonchev–Trinajstić information content (AvgIpc) is 3.63. The molecule has 0 N–H and O–H groups in total. The van der Waals surface area contributed by atoms with Crippen molar-refractivity contribution in [3.8, 4) is 45.1 Å². The number of hydrogen-bond donors (Lipinski definition) is 0. The van der Waals surface area contributed by atoms with E-state index in [1.165, 1.54) is 54.8 Å². The summed E-state index contributed by atoms with van der Waals surface area (Å²) in [6.07, 6.45) is 0. The van der Waals surface area contributed by atoms with Gasteiger partial charge in [0.1, 0.15) is 0 Å². The molecule has 3 nitrogen and oxygen atoms in total. The standard InChI is InChI=1S/C42H26N2O/c1-4-15-36-32(11-1)33-12-2-5-16-37(33)43(36)31-10-7-9-29(25-31)27-19-21-28(22-20-27)30-23-24-40-39(26-30)44-38-17-6-3-13-34(38)35-14-8-18-41(45-40)42(35)44/h1-26H. The Balaban J connectivity index is 1.05. The van der Waals surface area contributed by atoms with Crippen LogP contribution in [0.4, 0.5) is 0 Å². The predicted octanol–water partition coefficient (Wildman–Crippen LogP) is 11.3. The van der Waals surface area contributed by atoms with E-state index in [-0.39, 0.29) is 0 Å². The van der Waals surface area contributed by atoms with Gasteiger partial charge in [0.15, 0.2) is 11.5 Å². The number of fused-ring (bicyclic) bond motifs is 8. The zero-order valence-electron chi connectivity index (χ0n) is 24.3. The van der Waals surface area contributed by atoms with E-state index in [9.17, 15) is 0 Å². The van der Waals surface area contributed by atoms with Crippen molar-refractivity contribution in [1.82, 2.24) is 9.13 Å². The molecular formula is C42H26N2O. The molecule has 1 aliphatic heterocycles. The van der Waals surface area contributed by atoms with Gasteiger partial charge in [0.25, 0.3) is 0 Å². The normalized spacial score (nSPS) is 12.2. The fourth-order valence-electron chi connectivity index (χ4n) is 7.28. The van der Waals surface area contributed by atoms with E-state index in [2.05, 4.69) is 167 Å². The molecule has 7 aromatic carbocycles. The van der Waals surface area contributed by atoms with E-state index in [1.807, 2.05) is 0 Å². The van der Waals surface area contributed by atoms with E-state index in [1.54, 1.807) is 0 Å². The smallest absolute Gasteiger partial charge is 0.152 e. The third-order valence-electron chi connectivity index (χ3n) is 9.31. The van der Waals surface area contributed by atoms with Crippen molar-refractivity contribution >= 4 is 43.6 Å². The zero-order chi connectivity index (χ0) is 29.5. The Morgan fingerprint density at radius 2 is 0.889 bits per heavy atom. The van der Waals surface area contributed by atoms with Gasteiger partial charge >= 0.3 is 0 Å². The van der Waals surface area contributed by atoms with Crippen molar-refractivity contribution < 1.29 is 4.74 Å². The highest BCUT2D eigenvalue weighted by atomic mass is 16.5. The first-order valence-electron chi connectivity index (χ1n) is 15.4. The monoisotopic (exact) mass is 574 g/mol. The fourth-order valence-corrected chi connectivity index (χ4v) is 7.28. The van der Waals surface area contributed by atoms with Gasteiger partial charge in [-0.1, -0.05) is 109 Å². The molecule has 45 heavy (non-hydrogen) atoms. The summed E-state index contributed by atoms with van der Waals surface area (Å²) < 4.78 is 11.2. The molecule has 0 saturated carbocycles. The van der Waals surface area contributed by atoms with Crippen LogP contribution in [0.1, 0.15) is 0 Å². The van der Waals surface area contributed by atoms with Gasteiger partial charge in [-0.3, -0.25) is 0 Å². The lowest BCUT2D eigenvalue weighted by Crippen LogP contribution is -2.04. The highest BCUT2D eigenvalue weighted by Gasteiger charge is 2.24. The SMILES string of the molecule is c1cc(-c2ccc(-c3ccc4c(c3)-n3c5ccccc5c5cccc(c53)O4)cc2)cc(-n2c3ccccc3c3ccccc32)c1. The highest BCUT2D eigenvalue weighted by molar-refractivity contribution is 6.12. The molecule has 0 bridgehead atoms. The quantitative estimate of drug-likeness (QED) is 0.205. The summed E-state index contributed by atoms with van der Waals surface area (Å²) in [6, 6.07) is 56.5. The van der Waals surface area contributed by atoms with Gasteiger partial charge in [-0.2, -0.15) is 0 Å². The van der Waals surface area contributed by atoms with Crippen LogP contribution in [0, 0.1) is 0 Å². The molecule has 3 heterocycles. The van der Waals surface area contributed by atoms with Crippen molar-refractivity contribution in [3.63, 3.8) is 0 Å². The molecule has 9 aromatic rings. The van der Waals surface area contributed by atoms with Gasteiger partial charge in [-0.15, -0.1) is 0 Å². The Bertz CT molecular complexity index is 2570. The molecule has 0 atom stereocenters. The van der Waals surface area contributed by atoms with Crippen LogP contribution in [-0.2, 0) is 0 Å². The lowest BCUT2D eigenvalue weighted by molar-refractivity contribution is 0.476. The Kier molecular flexibility index (Phi) is 5.00. The molecule has 0 fully saturated rings. The second-order valence-electron chi connectivity index (χ2n) is 11.8. The van der Waals surface area contributed by atoms with Crippen molar-refractivity contribution in [2.75, 3.05) is 0 Å². The molecule has 10 rings (SSSR count). The first kappa shape index (κ1) is 24.4. The summed E-state index contributed by atoms with van der Waals surface area (Å²) in [7, 11) is 0. The Labute approximate surface area is 259 Å². The minimum atomic E-state index is 0.874. The second-order valence-corrected chi connectivity index (χ2v) is 11.8. The van der Waals surface area contributed by atoms with Gasteiger partial charge in [0, 0.05) is 27.2 Å². The van der Waals surface area contributed by atoms with Crippen LogP contribution in [0.25, 0.3) is 77.2 Å². The third-order valence-corrected chi connectivity index (χ3v) is 9.31. The molecule has 0 unspecified atom stereocenters. The highest BCUT2D eigenvalue weighted by Crippen LogP contribution is 2.46. The van der Waals surface area contributed by atoms with Crippen molar-refractivity contribution in [2.45, 2.75) is 0 Å². The van der Waals surface area contributed by atoms with E-state index in [0.29, 0.717) is 0 Å². The van der Waals surface area contributed by atoms with Crippen LogP contribution in [0.3, 0.4) is 0 Å². The predicted molar refractivity (Wildman–Crippen MR) is 186 cm³/mol. The lowest BCUT2D eigenvalue weighted by atomic mass is 9.99. The van der Waals surface area contributed by atoms with E-state index in [0.717, 1.165) is 34.0 Å². The van der Waals surface area contributed by atoms with Crippen LogP contribution < -0.4 is 4.74 Å². The van der Waals surface area contributed by atoms with E-state index < -0.39 is 0 Å². The van der Waals surface area contributed by atoms with E-state index in [4.69, 9.17) is 4.74 Å². The van der Waals surface area contributed by atoms with Gasteiger partial charge < -0.3 is 13.9 Å². The Hall–Kier alpha value is -6.06. The van der Waals surface area contributed by atoms with Crippen molar-refractivity contribution in [2.24, 2.45) is 0 Å². The van der Waals surface area contributed by atoms with Crippen LogP contribution in [0.15, 0.2) is 158 Å². The maximum Gasteiger partial charge on any atom is 0.152 e. The Morgan fingerprint density at radius 3 is 1.58 bits per heavy atom. The average molecular weight is 575 g/mol. The topological polar surface area (TPSA) is 19.1 Å². The minimum absolute atomic E-state index is 0.874. The van der Waals surface area contributed by atoms with E-state index >= 15 is 0 Å². The van der Waals surface area contributed by atoms with Crippen LogP contribution in [0.2, 0.25) is 0 Å². The largest absolute Gasteiger partial charge is 0.453 e. The number of rotatable bonds is 3. The first-order valence-corrected chi connectivity index (χ1v) is 15.4. The molecular weight excluding hydrogens is 548 g/mol. The molecule has 2 aromatic heterocycles. The van der Waals surface area contributed by atoms with Crippen molar-refractivity contribution in [1.29, 1.82) is 0 Å². The maximum atomic E-state index is 6.42. The number of nitrogens with zero attached hydrogens (tertiary/aromatic N) is 2. The molecule has 0 spiro atoms. The molecule has 210 valence electrons. The van der Waals surface area contributed by atoms with Gasteiger partial charge in [0.2, 0.25) is 0 Å². The number of para-hydroxylation sites is 4. The van der Waals surface area contributed by atoms with Crippen LogP contribution >= 0.6 is 0 Å². The minimum Gasteiger partial charge on any atom is -0.453 e. The Morgan fingerprint density at radius 1 is 0.356 bits per heavy atom. The summed E-state index contributed by atoms with van der Waals surface area (Å²) in [5.41, 5.74) is 11.7.